The minimum atomic E-state index is -1.41. The Balaban J connectivity index is 1.37. The number of nitrogens with one attached hydrogen (secondary N) is 6. The number of aliphatic carboxylic acids is 1. The monoisotopic (exact) mass is 842 g/mol. The topological polar surface area (TPSA) is 212 Å². The fraction of sp³-hybridized carbons (Fsp3) is 0.239. The normalized spacial score (nSPS) is 20.5. The van der Waals surface area contributed by atoms with Crippen LogP contribution in [0.5, 0.6) is 0 Å². The van der Waals surface area contributed by atoms with Crippen molar-refractivity contribution in [3.05, 3.63) is 148 Å². The van der Waals surface area contributed by atoms with E-state index in [9.17, 15) is 38.7 Å². The molecule has 0 spiro atoms. The van der Waals surface area contributed by atoms with Crippen molar-refractivity contribution in [2.75, 3.05) is 5.32 Å². The van der Waals surface area contributed by atoms with Crippen LogP contribution < -0.4 is 31.9 Å². The molecule has 2 aliphatic heterocycles. The number of thiophene rings is 1. The molecule has 5 aromatic rings. The molecule has 61 heavy (non-hydrogen) atoms. The molecule has 0 saturated heterocycles. The summed E-state index contributed by atoms with van der Waals surface area (Å²) in [4.78, 5) is 95.5. The largest absolute Gasteiger partial charge is 0.480 e. The molecule has 2 bridgehead atoms. The number of carboxylic acid groups (broad SMARTS) is 1. The van der Waals surface area contributed by atoms with Gasteiger partial charge in [0.15, 0.2) is 0 Å². The molecule has 15 heteroatoms. The molecule has 5 atom stereocenters. The summed E-state index contributed by atoms with van der Waals surface area (Å²) in [5, 5.41) is 28.1. The quantitative estimate of drug-likeness (QED) is 0.109. The number of carbonyl (C=O) groups excluding carboxylic acids is 6. The molecule has 0 aliphatic carbocycles. The Morgan fingerprint density at radius 3 is 1.74 bits per heavy atom. The first-order valence-corrected chi connectivity index (χ1v) is 20.6. The van der Waals surface area contributed by atoms with E-state index in [1.54, 1.807) is 54.6 Å². The lowest BCUT2D eigenvalue weighted by Gasteiger charge is -2.26. The Hall–Kier alpha value is -7.13. The lowest BCUT2D eigenvalue weighted by atomic mass is 9.99. The molecule has 7 rings (SSSR count). The highest BCUT2D eigenvalue weighted by Crippen LogP contribution is 2.21. The summed E-state index contributed by atoms with van der Waals surface area (Å²) in [6.07, 6.45) is -0.652. The summed E-state index contributed by atoms with van der Waals surface area (Å²) < 4.78 is 0. The van der Waals surface area contributed by atoms with Crippen molar-refractivity contribution in [3.63, 3.8) is 0 Å². The van der Waals surface area contributed by atoms with Gasteiger partial charge in [-0.05, 0) is 51.4 Å². The second kappa shape index (κ2) is 20.7. The summed E-state index contributed by atoms with van der Waals surface area (Å²) in [5.41, 5.74) is 4.08. The third-order valence-electron chi connectivity index (χ3n) is 10.0. The van der Waals surface area contributed by atoms with Gasteiger partial charge < -0.3 is 37.0 Å². The molecule has 7 N–H and O–H groups in total. The van der Waals surface area contributed by atoms with Crippen LogP contribution in [0.4, 0.5) is 5.69 Å². The van der Waals surface area contributed by atoms with Gasteiger partial charge in [0.05, 0.1) is 6.42 Å². The number of hydrogen-bond acceptors (Lipinski definition) is 8. The fourth-order valence-electron chi connectivity index (χ4n) is 6.91. The maximum atomic E-state index is 14.5. The molecular formula is C46H46N6O8S. The number of hydrogen-bond donors (Lipinski definition) is 7. The Labute approximate surface area is 356 Å². The van der Waals surface area contributed by atoms with Crippen LogP contribution in [0, 0.1) is 0 Å². The van der Waals surface area contributed by atoms with Gasteiger partial charge in [-0.2, -0.15) is 0 Å². The van der Waals surface area contributed by atoms with Gasteiger partial charge in [-0.15, -0.1) is 11.3 Å². The van der Waals surface area contributed by atoms with E-state index < -0.39 is 78.0 Å². The average Bonchev–Trinajstić information content (AvgIpc) is 3.76. The maximum Gasteiger partial charge on any atom is 0.326 e. The standard InChI is InChI=1S/C46H46N6O8S/c1-28(53)47-39-27-41(54)49-38(26-35-13-8-22-61-35)45(58)51-37(24-30-14-18-33(19-15-30)32-11-6-3-7-12-32)43(56)50-36(23-29-9-4-2-5-10-29)44(57)52-40(46(59)60)25-31-16-20-34(21-17-31)48-42(39)55/h2-22,36-40H,23-27H2,1H3,(H,47,53)(H,48,55)(H,49,54)(H,50,56)(H,51,58)(H,52,57)(H,59,60)/t36-,37+,38-,39+,40+/m1/s1. The van der Waals surface area contributed by atoms with Gasteiger partial charge in [0.25, 0.3) is 0 Å². The van der Waals surface area contributed by atoms with E-state index in [4.69, 9.17) is 0 Å². The van der Waals surface area contributed by atoms with E-state index in [0.29, 0.717) is 22.4 Å². The van der Waals surface area contributed by atoms with E-state index in [1.165, 1.54) is 30.4 Å². The van der Waals surface area contributed by atoms with E-state index in [-0.39, 0.29) is 25.7 Å². The number of rotatable bonds is 9. The molecule has 0 radical (unpaired) electrons. The third-order valence-corrected chi connectivity index (χ3v) is 10.9. The maximum absolute atomic E-state index is 14.5. The zero-order chi connectivity index (χ0) is 43.3. The van der Waals surface area contributed by atoms with Crippen molar-refractivity contribution < 1.29 is 38.7 Å². The summed E-state index contributed by atoms with van der Waals surface area (Å²) in [5.74, 6) is -5.52. The van der Waals surface area contributed by atoms with Crippen molar-refractivity contribution in [2.45, 2.75) is 69.2 Å². The molecule has 0 unspecified atom stereocenters. The first kappa shape index (κ1) is 43.4. The van der Waals surface area contributed by atoms with Gasteiger partial charge in [-0.3, -0.25) is 28.8 Å². The second-order valence-corrected chi connectivity index (χ2v) is 15.8. The Morgan fingerprint density at radius 2 is 1.16 bits per heavy atom. The van der Waals surface area contributed by atoms with Crippen molar-refractivity contribution in [3.8, 4) is 11.1 Å². The molecule has 1 aromatic heterocycles. The van der Waals surface area contributed by atoms with Gasteiger partial charge in [-0.25, -0.2) is 4.79 Å². The van der Waals surface area contributed by atoms with E-state index >= 15 is 0 Å². The van der Waals surface area contributed by atoms with Crippen LogP contribution in [-0.4, -0.2) is 76.7 Å². The Bertz CT molecular complexity index is 2320. The minimum Gasteiger partial charge on any atom is -0.480 e. The molecule has 4 aromatic carbocycles. The highest BCUT2D eigenvalue weighted by atomic mass is 32.1. The summed E-state index contributed by atoms with van der Waals surface area (Å²) >= 11 is 1.36. The number of carboxylic acids is 1. The van der Waals surface area contributed by atoms with Gasteiger partial charge in [0, 0.05) is 43.2 Å². The molecule has 0 fully saturated rings. The SMILES string of the molecule is CC(=O)N[C@H]1CC(=O)N[C@H](Cc2cccs2)C(=O)N[C@@H](Cc2ccc(-c3ccccc3)cc2)C(=O)N[C@H](Cc2ccccc2)C(=O)N[C@H](C(=O)O)Cc2ccc(cc2)NC1=O. The van der Waals surface area contributed by atoms with Crippen LogP contribution in [0.1, 0.15) is 34.9 Å². The van der Waals surface area contributed by atoms with Crippen molar-refractivity contribution in [1.29, 1.82) is 0 Å². The third kappa shape index (κ3) is 12.7. The smallest absolute Gasteiger partial charge is 0.326 e. The van der Waals surface area contributed by atoms with Gasteiger partial charge >= 0.3 is 5.97 Å². The molecular weight excluding hydrogens is 797 g/mol. The zero-order valence-electron chi connectivity index (χ0n) is 33.3. The zero-order valence-corrected chi connectivity index (χ0v) is 34.1. The number of anilines is 1. The summed E-state index contributed by atoms with van der Waals surface area (Å²) in [6.45, 7) is 1.20. The molecule has 314 valence electrons. The molecule has 3 heterocycles. The van der Waals surface area contributed by atoms with Crippen LogP contribution in [0.15, 0.2) is 127 Å². The molecule has 14 nitrogen and oxygen atoms in total. The van der Waals surface area contributed by atoms with Gasteiger partial charge in [-0.1, -0.05) is 103 Å². The summed E-state index contributed by atoms with van der Waals surface area (Å²) in [7, 11) is 0. The first-order valence-electron chi connectivity index (χ1n) is 19.7. The van der Waals surface area contributed by atoms with Crippen molar-refractivity contribution >= 4 is 58.4 Å². The highest BCUT2D eigenvalue weighted by molar-refractivity contribution is 7.09. The Morgan fingerprint density at radius 1 is 0.607 bits per heavy atom. The summed E-state index contributed by atoms with van der Waals surface area (Å²) in [6, 6.07) is 29.3. The fourth-order valence-corrected chi connectivity index (χ4v) is 7.66. The Kier molecular flexibility index (Phi) is 14.8. The van der Waals surface area contributed by atoms with Crippen molar-refractivity contribution in [1.82, 2.24) is 26.6 Å². The predicted molar refractivity (Wildman–Crippen MR) is 230 cm³/mol. The van der Waals surface area contributed by atoms with Crippen LogP contribution >= 0.6 is 11.3 Å². The van der Waals surface area contributed by atoms with Crippen LogP contribution in [0.2, 0.25) is 0 Å². The lowest BCUT2D eigenvalue weighted by molar-refractivity contribution is -0.142. The van der Waals surface area contributed by atoms with Crippen LogP contribution in [0.3, 0.4) is 0 Å². The second-order valence-electron chi connectivity index (χ2n) is 14.7. The lowest BCUT2D eigenvalue weighted by Crippen LogP contribution is -2.59. The predicted octanol–water partition coefficient (Wildman–Crippen LogP) is 3.56. The molecule has 0 saturated carbocycles. The van der Waals surface area contributed by atoms with Crippen LogP contribution in [-0.2, 0) is 59.2 Å². The number of benzene rings is 4. The van der Waals surface area contributed by atoms with E-state index in [1.807, 2.05) is 60.0 Å². The van der Waals surface area contributed by atoms with Gasteiger partial charge in [0.1, 0.15) is 30.2 Å². The number of amides is 6. The van der Waals surface area contributed by atoms with E-state index in [0.717, 1.165) is 16.0 Å². The number of fused-ring (bicyclic) bond motifs is 18. The highest BCUT2D eigenvalue weighted by Gasteiger charge is 2.33. The first-order chi connectivity index (χ1) is 29.4. The minimum absolute atomic E-state index is 0.00187. The van der Waals surface area contributed by atoms with Crippen LogP contribution in [0.25, 0.3) is 11.1 Å². The van der Waals surface area contributed by atoms with Gasteiger partial charge in [0.2, 0.25) is 35.4 Å². The van der Waals surface area contributed by atoms with E-state index in [2.05, 4.69) is 31.9 Å². The average molecular weight is 843 g/mol. The van der Waals surface area contributed by atoms with Crippen molar-refractivity contribution in [2.24, 2.45) is 0 Å². The molecule has 2 aliphatic rings. The number of carbonyl (C=O) groups is 7. The molecule has 6 amide bonds.